The van der Waals surface area contributed by atoms with E-state index >= 15 is 8.78 Å². The van der Waals surface area contributed by atoms with E-state index in [1.807, 2.05) is 0 Å². The molecule has 0 aromatic carbocycles. The minimum Gasteiger partial charge on any atom is -0.476 e. The molecule has 0 spiro atoms. The first-order chi connectivity index (χ1) is 18.3. The van der Waals surface area contributed by atoms with Gasteiger partial charge in [-0.3, -0.25) is 19.4 Å². The second kappa shape index (κ2) is 11.4. The molecule has 3 aliphatic rings. The number of anilines is 1. The number of aromatic nitrogens is 3. The van der Waals surface area contributed by atoms with E-state index in [4.69, 9.17) is 9.47 Å². The smallest absolute Gasteiger partial charge is 0.257 e. The average Bonchev–Trinajstić information content (AvgIpc) is 3.74. The van der Waals surface area contributed by atoms with Gasteiger partial charge in [-0.1, -0.05) is 0 Å². The van der Waals surface area contributed by atoms with Gasteiger partial charge in [-0.05, 0) is 43.4 Å². The molecule has 2 aromatic heterocycles. The number of ether oxygens (including phenoxy) is 2. The number of aromatic amines is 1. The molecular weight excluding hydrogens is 498 g/mol. The number of nitrogens with one attached hydrogen (secondary N) is 2. The van der Waals surface area contributed by atoms with Crippen LogP contribution < -0.4 is 15.6 Å². The Bertz CT molecular complexity index is 1170. The number of morpholine rings is 1. The normalized spacial score (nSPS) is 23.1. The van der Waals surface area contributed by atoms with Gasteiger partial charge in [0.05, 0.1) is 31.8 Å². The van der Waals surface area contributed by atoms with Crippen molar-refractivity contribution in [3.63, 3.8) is 0 Å². The predicted molar refractivity (Wildman–Crippen MR) is 135 cm³/mol. The van der Waals surface area contributed by atoms with Gasteiger partial charge in [0.2, 0.25) is 11.8 Å². The zero-order valence-corrected chi connectivity index (χ0v) is 21.5. The molecule has 3 fully saturated rings. The van der Waals surface area contributed by atoms with Crippen LogP contribution in [0.5, 0.6) is 5.88 Å². The second-order valence-corrected chi connectivity index (χ2v) is 10.4. The molecule has 10 nitrogen and oxygen atoms in total. The van der Waals surface area contributed by atoms with E-state index in [9.17, 15) is 9.59 Å². The Labute approximate surface area is 219 Å². The van der Waals surface area contributed by atoms with Crippen LogP contribution in [0.2, 0.25) is 0 Å². The molecule has 12 heteroatoms. The average molecular weight is 533 g/mol. The summed E-state index contributed by atoms with van der Waals surface area (Å²) in [5, 5.41) is 10.7. The summed E-state index contributed by atoms with van der Waals surface area (Å²) < 4.78 is 41.1. The summed E-state index contributed by atoms with van der Waals surface area (Å²) in [4.78, 5) is 31.8. The predicted octanol–water partition coefficient (Wildman–Crippen LogP) is 2.24. The van der Waals surface area contributed by atoms with Gasteiger partial charge in [0.25, 0.3) is 11.5 Å². The third kappa shape index (κ3) is 6.54. The minimum absolute atomic E-state index is 0.0236. The fourth-order valence-electron chi connectivity index (χ4n) is 4.84. The van der Waals surface area contributed by atoms with Crippen LogP contribution in [0, 0.1) is 5.92 Å². The second-order valence-electron chi connectivity index (χ2n) is 10.4. The Morgan fingerprint density at radius 2 is 2.05 bits per heavy atom. The van der Waals surface area contributed by atoms with Crippen molar-refractivity contribution in [2.24, 2.45) is 5.92 Å². The number of likely N-dealkylation sites (tertiary alicyclic amines) is 1. The number of amides is 1. The number of piperidine rings is 1. The van der Waals surface area contributed by atoms with Crippen molar-refractivity contribution in [3.05, 3.63) is 45.9 Å². The Morgan fingerprint density at radius 1 is 1.26 bits per heavy atom. The first-order valence-electron chi connectivity index (χ1n) is 13.2. The van der Waals surface area contributed by atoms with Crippen LogP contribution in [0.1, 0.15) is 43.2 Å². The summed E-state index contributed by atoms with van der Waals surface area (Å²) >= 11 is 0. The zero-order chi connectivity index (χ0) is 26.7. The van der Waals surface area contributed by atoms with E-state index in [2.05, 4.69) is 25.4 Å². The van der Waals surface area contributed by atoms with E-state index < -0.39 is 17.9 Å². The zero-order valence-electron chi connectivity index (χ0n) is 21.5. The summed E-state index contributed by atoms with van der Waals surface area (Å²) in [6.45, 7) is 5.25. The lowest BCUT2D eigenvalue weighted by Crippen LogP contribution is -2.52. The first-order valence-corrected chi connectivity index (χ1v) is 13.2. The molecule has 38 heavy (non-hydrogen) atoms. The molecule has 0 bridgehead atoms. The number of hydrogen-bond acceptors (Lipinski definition) is 8. The lowest BCUT2D eigenvalue weighted by atomic mass is 9.86. The molecule has 1 amide bonds. The van der Waals surface area contributed by atoms with Gasteiger partial charge in [0.1, 0.15) is 0 Å². The highest BCUT2D eigenvalue weighted by molar-refractivity contribution is 5.93. The van der Waals surface area contributed by atoms with Gasteiger partial charge in [-0.2, -0.15) is 0 Å². The molecule has 1 unspecified atom stereocenters. The Balaban J connectivity index is 1.23. The lowest BCUT2D eigenvalue weighted by molar-refractivity contribution is -0.125. The highest BCUT2D eigenvalue weighted by Crippen LogP contribution is 2.40. The van der Waals surface area contributed by atoms with Gasteiger partial charge >= 0.3 is 0 Å². The first kappa shape index (κ1) is 26.6. The van der Waals surface area contributed by atoms with Gasteiger partial charge in [0, 0.05) is 57.0 Å². The largest absolute Gasteiger partial charge is 0.476 e. The monoisotopic (exact) mass is 532 g/mol. The van der Waals surface area contributed by atoms with Crippen molar-refractivity contribution in [2.45, 2.75) is 50.6 Å². The number of carbonyl (C=O) groups excluding carboxylic acids is 1. The van der Waals surface area contributed by atoms with Crippen LogP contribution in [0.3, 0.4) is 0 Å². The van der Waals surface area contributed by atoms with Crippen LogP contribution in [-0.4, -0.2) is 88.9 Å². The molecule has 1 aliphatic carbocycles. The molecule has 2 aliphatic heterocycles. The van der Waals surface area contributed by atoms with Crippen molar-refractivity contribution in [1.82, 2.24) is 25.0 Å². The highest BCUT2D eigenvalue weighted by atomic mass is 19.3. The van der Waals surface area contributed by atoms with Crippen LogP contribution in [0.25, 0.3) is 0 Å². The molecule has 4 heterocycles. The fourth-order valence-corrected chi connectivity index (χ4v) is 4.84. The van der Waals surface area contributed by atoms with Crippen molar-refractivity contribution < 1.29 is 23.0 Å². The lowest BCUT2D eigenvalue weighted by Gasteiger charge is -2.40. The SMILES string of the molecule is CC(C(=O)Nc1ccc(OCC2CC2)nn1)N1CCC(F)(F)[C@@H](c2c[nH]c(=O)c(CN3CCOCC3)c2)C1. The third-order valence-electron chi connectivity index (χ3n) is 7.54. The molecule has 206 valence electrons. The Kier molecular flexibility index (Phi) is 8.01. The number of carbonyl (C=O) groups is 1. The summed E-state index contributed by atoms with van der Waals surface area (Å²) in [5.74, 6) is -3.22. The van der Waals surface area contributed by atoms with Crippen molar-refractivity contribution in [3.8, 4) is 5.88 Å². The topological polar surface area (TPSA) is 113 Å². The molecule has 2 N–H and O–H groups in total. The molecule has 1 saturated carbocycles. The quantitative estimate of drug-likeness (QED) is 0.506. The Morgan fingerprint density at radius 3 is 2.76 bits per heavy atom. The van der Waals surface area contributed by atoms with Crippen LogP contribution >= 0.6 is 0 Å². The minimum atomic E-state index is -2.97. The van der Waals surface area contributed by atoms with E-state index in [-0.39, 0.29) is 36.8 Å². The summed E-state index contributed by atoms with van der Waals surface area (Å²) in [6, 6.07) is 4.18. The van der Waals surface area contributed by atoms with E-state index in [1.54, 1.807) is 30.0 Å². The number of hydrogen-bond donors (Lipinski definition) is 2. The van der Waals surface area contributed by atoms with Crippen molar-refractivity contribution in [2.75, 3.05) is 51.3 Å². The van der Waals surface area contributed by atoms with E-state index in [1.165, 1.54) is 19.0 Å². The maximum Gasteiger partial charge on any atom is 0.257 e. The van der Waals surface area contributed by atoms with Crippen LogP contribution in [-0.2, 0) is 16.1 Å². The fraction of sp³-hybridized carbons (Fsp3) is 0.615. The molecular formula is C26H34F2N6O4. The number of H-pyrrole nitrogens is 1. The summed E-state index contributed by atoms with van der Waals surface area (Å²) in [7, 11) is 0. The summed E-state index contributed by atoms with van der Waals surface area (Å²) in [5.41, 5.74) is 0.531. The number of nitrogens with zero attached hydrogens (tertiary/aromatic N) is 4. The molecule has 0 radical (unpaired) electrons. The molecule has 2 aromatic rings. The number of halogens is 2. The van der Waals surface area contributed by atoms with E-state index in [0.29, 0.717) is 62.4 Å². The number of rotatable bonds is 9. The van der Waals surface area contributed by atoms with Crippen LogP contribution in [0.4, 0.5) is 14.6 Å². The third-order valence-corrected chi connectivity index (χ3v) is 7.54. The Hall–Kier alpha value is -2.96. The maximum absolute atomic E-state index is 15.1. The van der Waals surface area contributed by atoms with Gasteiger partial charge in [-0.25, -0.2) is 8.78 Å². The van der Waals surface area contributed by atoms with E-state index in [0.717, 1.165) is 0 Å². The molecule has 2 atom stereocenters. The highest BCUT2D eigenvalue weighted by Gasteiger charge is 2.46. The standard InChI is InChI=1S/C26H34F2N6O4/c1-17(24(35)30-22-4-5-23(32-31-22)38-16-18-2-3-18)34-7-6-26(27,28)21(15-34)19-12-20(25(36)29-13-19)14-33-8-10-37-11-9-33/h4-5,12-13,17-18,21H,2-3,6-11,14-16H2,1H3,(H,29,36)(H,30,31,35)/t17?,21-/m1/s1. The van der Waals surface area contributed by atoms with Crippen LogP contribution in [0.15, 0.2) is 29.2 Å². The van der Waals surface area contributed by atoms with Crippen molar-refractivity contribution in [1.29, 1.82) is 0 Å². The maximum atomic E-state index is 15.1. The van der Waals surface area contributed by atoms with Gasteiger partial charge in [-0.15, -0.1) is 10.2 Å². The molecule has 2 saturated heterocycles. The molecule has 5 rings (SSSR count). The van der Waals surface area contributed by atoms with Crippen molar-refractivity contribution >= 4 is 11.7 Å². The summed E-state index contributed by atoms with van der Waals surface area (Å²) in [6.07, 6.45) is 3.32. The number of pyridine rings is 1. The van der Waals surface area contributed by atoms with Gasteiger partial charge in [0.15, 0.2) is 5.82 Å². The van der Waals surface area contributed by atoms with Gasteiger partial charge < -0.3 is 19.8 Å². The number of alkyl halides is 2.